The molecule has 0 aliphatic heterocycles. The van der Waals surface area contributed by atoms with Gasteiger partial charge in [0.25, 0.3) is 5.91 Å². The standard InChI is InChI=1S/C16H20N2OS/c1-11(2)17-16(19)13-4-6-15(7-5-13)18-12(3)14-8-9-20-10-14/h4-12,18H,1-3H3,(H,17,19). The van der Waals surface area contributed by atoms with E-state index < -0.39 is 0 Å². The van der Waals surface area contributed by atoms with Gasteiger partial charge in [0, 0.05) is 23.3 Å². The van der Waals surface area contributed by atoms with Crippen molar-refractivity contribution in [2.45, 2.75) is 32.9 Å². The molecular weight excluding hydrogens is 268 g/mol. The van der Waals surface area contributed by atoms with Crippen LogP contribution in [0.5, 0.6) is 0 Å². The van der Waals surface area contributed by atoms with Gasteiger partial charge in [-0.3, -0.25) is 4.79 Å². The average Bonchev–Trinajstić information content (AvgIpc) is 2.92. The second kappa shape index (κ2) is 6.57. The molecule has 1 heterocycles. The van der Waals surface area contributed by atoms with E-state index in [-0.39, 0.29) is 18.0 Å². The van der Waals surface area contributed by atoms with Crippen molar-refractivity contribution in [3.8, 4) is 0 Å². The third-order valence-corrected chi connectivity index (χ3v) is 3.69. The minimum absolute atomic E-state index is 0.0302. The number of benzene rings is 1. The molecule has 2 rings (SSSR count). The lowest BCUT2D eigenvalue weighted by atomic mass is 10.1. The van der Waals surface area contributed by atoms with E-state index in [2.05, 4.69) is 34.4 Å². The summed E-state index contributed by atoms with van der Waals surface area (Å²) < 4.78 is 0. The highest BCUT2D eigenvalue weighted by molar-refractivity contribution is 7.07. The summed E-state index contributed by atoms with van der Waals surface area (Å²) in [5, 5.41) is 10.5. The smallest absolute Gasteiger partial charge is 0.251 e. The van der Waals surface area contributed by atoms with Gasteiger partial charge in [0.05, 0.1) is 0 Å². The predicted molar refractivity (Wildman–Crippen MR) is 85.4 cm³/mol. The molecule has 0 fully saturated rings. The molecule has 3 nitrogen and oxygen atoms in total. The van der Waals surface area contributed by atoms with Crippen molar-refractivity contribution < 1.29 is 4.79 Å². The highest BCUT2D eigenvalue weighted by atomic mass is 32.1. The predicted octanol–water partition coefficient (Wildman–Crippen LogP) is 4.06. The average molecular weight is 288 g/mol. The summed E-state index contributed by atoms with van der Waals surface area (Å²) in [5.74, 6) is -0.0302. The van der Waals surface area contributed by atoms with E-state index in [0.717, 1.165) is 5.69 Å². The molecule has 1 amide bonds. The monoisotopic (exact) mass is 288 g/mol. The number of anilines is 1. The van der Waals surface area contributed by atoms with Crippen LogP contribution in [0, 0.1) is 0 Å². The summed E-state index contributed by atoms with van der Waals surface area (Å²) >= 11 is 1.70. The van der Waals surface area contributed by atoms with Crippen LogP contribution >= 0.6 is 11.3 Å². The zero-order valence-electron chi connectivity index (χ0n) is 12.0. The van der Waals surface area contributed by atoms with Crippen LogP contribution in [0.4, 0.5) is 5.69 Å². The summed E-state index contributed by atoms with van der Waals surface area (Å²) in [6.07, 6.45) is 0. The first-order valence-corrected chi connectivity index (χ1v) is 7.70. The highest BCUT2D eigenvalue weighted by Crippen LogP contribution is 2.21. The molecule has 2 aromatic rings. The Morgan fingerprint density at radius 3 is 2.35 bits per heavy atom. The Bertz CT molecular complexity index is 546. The first-order valence-electron chi connectivity index (χ1n) is 6.76. The van der Waals surface area contributed by atoms with Crippen molar-refractivity contribution >= 4 is 22.9 Å². The van der Waals surface area contributed by atoms with Crippen LogP contribution in [0.25, 0.3) is 0 Å². The number of carbonyl (C=O) groups excluding carboxylic acids is 1. The molecule has 1 aromatic heterocycles. The first kappa shape index (κ1) is 14.6. The highest BCUT2D eigenvalue weighted by Gasteiger charge is 2.08. The summed E-state index contributed by atoms with van der Waals surface area (Å²) in [4.78, 5) is 11.8. The van der Waals surface area contributed by atoms with Crippen LogP contribution in [-0.4, -0.2) is 11.9 Å². The third-order valence-electron chi connectivity index (χ3n) is 2.99. The molecule has 1 aromatic carbocycles. The van der Waals surface area contributed by atoms with Crippen molar-refractivity contribution in [2.75, 3.05) is 5.32 Å². The van der Waals surface area contributed by atoms with Gasteiger partial charge in [-0.1, -0.05) is 0 Å². The molecule has 106 valence electrons. The van der Waals surface area contributed by atoms with Gasteiger partial charge in [-0.25, -0.2) is 0 Å². The van der Waals surface area contributed by atoms with Crippen LogP contribution in [0.15, 0.2) is 41.1 Å². The Kier molecular flexibility index (Phi) is 4.79. The Morgan fingerprint density at radius 2 is 1.80 bits per heavy atom. The second-order valence-electron chi connectivity index (χ2n) is 5.13. The number of nitrogens with one attached hydrogen (secondary N) is 2. The van der Waals surface area contributed by atoms with E-state index in [4.69, 9.17) is 0 Å². The quantitative estimate of drug-likeness (QED) is 0.871. The maximum atomic E-state index is 11.8. The van der Waals surface area contributed by atoms with E-state index in [0.29, 0.717) is 5.56 Å². The van der Waals surface area contributed by atoms with Gasteiger partial charge in [0.2, 0.25) is 0 Å². The normalized spacial score (nSPS) is 12.2. The zero-order valence-corrected chi connectivity index (χ0v) is 12.8. The van der Waals surface area contributed by atoms with Crippen molar-refractivity contribution in [3.05, 3.63) is 52.2 Å². The summed E-state index contributed by atoms with van der Waals surface area (Å²) in [7, 11) is 0. The molecule has 0 aliphatic carbocycles. The maximum Gasteiger partial charge on any atom is 0.251 e. The molecule has 4 heteroatoms. The minimum atomic E-state index is -0.0302. The minimum Gasteiger partial charge on any atom is -0.378 e. The fourth-order valence-corrected chi connectivity index (χ4v) is 2.67. The van der Waals surface area contributed by atoms with Crippen molar-refractivity contribution in [2.24, 2.45) is 0 Å². The fraction of sp³-hybridized carbons (Fsp3) is 0.312. The molecule has 0 aliphatic rings. The molecule has 1 unspecified atom stereocenters. The van der Waals surface area contributed by atoms with E-state index in [1.807, 2.05) is 38.1 Å². The van der Waals surface area contributed by atoms with Gasteiger partial charge in [0.1, 0.15) is 0 Å². The lowest BCUT2D eigenvalue weighted by Gasteiger charge is -2.14. The van der Waals surface area contributed by atoms with Gasteiger partial charge < -0.3 is 10.6 Å². The Morgan fingerprint density at radius 1 is 1.10 bits per heavy atom. The van der Waals surface area contributed by atoms with Crippen LogP contribution < -0.4 is 10.6 Å². The van der Waals surface area contributed by atoms with Gasteiger partial charge in [-0.15, -0.1) is 0 Å². The van der Waals surface area contributed by atoms with E-state index >= 15 is 0 Å². The Hall–Kier alpha value is -1.81. The molecule has 20 heavy (non-hydrogen) atoms. The number of amides is 1. The molecule has 0 radical (unpaired) electrons. The fourth-order valence-electron chi connectivity index (χ4n) is 1.92. The largest absolute Gasteiger partial charge is 0.378 e. The SMILES string of the molecule is CC(C)NC(=O)c1ccc(NC(C)c2ccsc2)cc1. The lowest BCUT2D eigenvalue weighted by molar-refractivity contribution is 0.0943. The molecule has 0 bridgehead atoms. The number of rotatable bonds is 5. The summed E-state index contributed by atoms with van der Waals surface area (Å²) in [6.45, 7) is 6.04. The van der Waals surface area contributed by atoms with E-state index in [1.54, 1.807) is 11.3 Å². The van der Waals surface area contributed by atoms with Gasteiger partial charge in [-0.05, 0) is 67.4 Å². The Labute approximate surface area is 124 Å². The second-order valence-corrected chi connectivity index (χ2v) is 5.91. The number of hydrogen-bond acceptors (Lipinski definition) is 3. The van der Waals surface area contributed by atoms with E-state index in [1.165, 1.54) is 5.56 Å². The first-order chi connectivity index (χ1) is 9.56. The maximum absolute atomic E-state index is 11.8. The van der Waals surface area contributed by atoms with Gasteiger partial charge in [-0.2, -0.15) is 11.3 Å². The van der Waals surface area contributed by atoms with Crippen molar-refractivity contribution in [1.29, 1.82) is 0 Å². The van der Waals surface area contributed by atoms with Crippen LogP contribution in [0.2, 0.25) is 0 Å². The summed E-state index contributed by atoms with van der Waals surface area (Å²) in [5.41, 5.74) is 2.98. The van der Waals surface area contributed by atoms with Crippen molar-refractivity contribution in [3.63, 3.8) is 0 Å². The third kappa shape index (κ3) is 3.84. The van der Waals surface area contributed by atoms with Crippen molar-refractivity contribution in [1.82, 2.24) is 5.32 Å². The van der Waals surface area contributed by atoms with Gasteiger partial charge >= 0.3 is 0 Å². The molecule has 2 N–H and O–H groups in total. The zero-order chi connectivity index (χ0) is 14.5. The molecular formula is C16H20N2OS. The molecule has 0 saturated heterocycles. The van der Waals surface area contributed by atoms with Gasteiger partial charge in [0.15, 0.2) is 0 Å². The van der Waals surface area contributed by atoms with E-state index in [9.17, 15) is 4.79 Å². The van der Waals surface area contributed by atoms with Crippen LogP contribution in [0.3, 0.4) is 0 Å². The number of hydrogen-bond donors (Lipinski definition) is 2. The number of thiophene rings is 1. The van der Waals surface area contributed by atoms with Crippen LogP contribution in [-0.2, 0) is 0 Å². The Balaban J connectivity index is 1.99. The number of carbonyl (C=O) groups is 1. The summed E-state index contributed by atoms with van der Waals surface area (Å²) in [6, 6.07) is 10.1. The lowest BCUT2D eigenvalue weighted by Crippen LogP contribution is -2.29. The van der Waals surface area contributed by atoms with Crippen LogP contribution in [0.1, 0.15) is 42.7 Å². The topological polar surface area (TPSA) is 41.1 Å². The molecule has 0 spiro atoms. The molecule has 0 saturated carbocycles. The molecule has 1 atom stereocenters.